The first-order valence-electron chi connectivity index (χ1n) is 8.50. The van der Waals surface area contributed by atoms with Crippen LogP contribution in [-0.2, 0) is 0 Å². The number of halogens is 1. The van der Waals surface area contributed by atoms with Crippen LogP contribution in [0, 0.1) is 0 Å². The van der Waals surface area contributed by atoms with Gasteiger partial charge in [0.25, 0.3) is 0 Å². The van der Waals surface area contributed by atoms with Gasteiger partial charge in [0, 0.05) is 21.2 Å². The molecule has 0 atom stereocenters. The second-order valence-corrected chi connectivity index (χ2v) is 7.14. The predicted octanol–water partition coefficient (Wildman–Crippen LogP) is 5.62. The second kappa shape index (κ2) is 7.05. The minimum Gasteiger partial charge on any atom is -0.497 e. The van der Waals surface area contributed by atoms with E-state index >= 15 is 0 Å². The molecule has 3 aromatic carbocycles. The monoisotopic (exact) mass is 420 g/mol. The number of ketones is 1. The Labute approximate surface area is 166 Å². The summed E-state index contributed by atoms with van der Waals surface area (Å²) in [4.78, 5) is 13.2. The van der Waals surface area contributed by atoms with Gasteiger partial charge in [-0.3, -0.25) is 4.79 Å². The molecule has 0 aromatic heterocycles. The van der Waals surface area contributed by atoms with E-state index in [9.17, 15) is 4.79 Å². The van der Waals surface area contributed by atoms with Crippen molar-refractivity contribution in [2.75, 3.05) is 14.2 Å². The molecule has 4 rings (SSSR count). The molecule has 0 saturated carbocycles. The topological polar surface area (TPSA) is 35.5 Å². The summed E-state index contributed by atoms with van der Waals surface area (Å²) in [5.74, 6) is 1.58. The molecule has 134 valence electrons. The molecule has 0 radical (unpaired) electrons. The second-order valence-electron chi connectivity index (χ2n) is 6.23. The summed E-state index contributed by atoms with van der Waals surface area (Å²) < 4.78 is 11.5. The molecule has 1 aliphatic rings. The van der Waals surface area contributed by atoms with Crippen molar-refractivity contribution < 1.29 is 14.3 Å². The van der Waals surface area contributed by atoms with E-state index in [0.29, 0.717) is 5.57 Å². The number of fused-ring (bicyclic) bond motifs is 1. The highest BCUT2D eigenvalue weighted by Crippen LogP contribution is 2.43. The van der Waals surface area contributed by atoms with Gasteiger partial charge in [-0.05, 0) is 59.2 Å². The Hall–Kier alpha value is -2.85. The lowest BCUT2D eigenvalue weighted by Gasteiger charge is -2.10. The molecule has 0 N–H and O–H groups in total. The number of ether oxygens (including phenoxy) is 2. The Morgan fingerprint density at radius 1 is 0.667 bits per heavy atom. The SMILES string of the molecule is COc1ccc(C2=C(c3ccc(OC)cc3)c3cc(Br)ccc3C2=O)cc1. The predicted molar refractivity (Wildman–Crippen MR) is 110 cm³/mol. The first-order valence-corrected chi connectivity index (χ1v) is 9.29. The summed E-state index contributed by atoms with van der Waals surface area (Å²) in [6, 6.07) is 21.2. The fourth-order valence-corrected chi connectivity index (χ4v) is 3.76. The molecule has 0 aliphatic heterocycles. The summed E-state index contributed by atoms with van der Waals surface area (Å²) >= 11 is 3.53. The number of benzene rings is 3. The molecule has 3 aromatic rings. The lowest BCUT2D eigenvalue weighted by atomic mass is 9.94. The van der Waals surface area contributed by atoms with Crippen molar-refractivity contribution in [3.63, 3.8) is 0 Å². The Balaban J connectivity index is 1.96. The summed E-state index contributed by atoms with van der Waals surface area (Å²) in [5, 5.41) is 0. The third-order valence-corrected chi connectivity index (χ3v) is 5.22. The highest BCUT2D eigenvalue weighted by Gasteiger charge is 2.31. The van der Waals surface area contributed by atoms with Gasteiger partial charge in [0.05, 0.1) is 14.2 Å². The van der Waals surface area contributed by atoms with Crippen LogP contribution in [-0.4, -0.2) is 20.0 Å². The Morgan fingerprint density at radius 3 is 1.70 bits per heavy atom. The average Bonchev–Trinajstić information content (AvgIpc) is 2.99. The van der Waals surface area contributed by atoms with Gasteiger partial charge in [-0.15, -0.1) is 0 Å². The number of hydrogen-bond acceptors (Lipinski definition) is 3. The number of allylic oxidation sites excluding steroid dienone is 1. The Bertz CT molecular complexity index is 1050. The zero-order valence-electron chi connectivity index (χ0n) is 15.0. The third-order valence-electron chi connectivity index (χ3n) is 4.73. The number of rotatable bonds is 4. The maximum atomic E-state index is 13.2. The molecule has 3 nitrogen and oxygen atoms in total. The van der Waals surface area contributed by atoms with Crippen molar-refractivity contribution in [2.24, 2.45) is 0 Å². The zero-order valence-corrected chi connectivity index (χ0v) is 16.5. The molecule has 0 heterocycles. The van der Waals surface area contributed by atoms with Gasteiger partial charge in [0.2, 0.25) is 0 Å². The summed E-state index contributed by atoms with van der Waals surface area (Å²) in [5.41, 5.74) is 5.14. The minimum atomic E-state index is 0.0356. The van der Waals surface area contributed by atoms with Crippen LogP contribution in [0.5, 0.6) is 11.5 Å². The van der Waals surface area contributed by atoms with Crippen molar-refractivity contribution in [1.82, 2.24) is 0 Å². The fourth-order valence-electron chi connectivity index (χ4n) is 3.39. The van der Waals surface area contributed by atoms with E-state index in [1.54, 1.807) is 14.2 Å². The van der Waals surface area contributed by atoms with Gasteiger partial charge in [0.1, 0.15) is 11.5 Å². The van der Waals surface area contributed by atoms with E-state index in [1.165, 1.54) is 0 Å². The van der Waals surface area contributed by atoms with Crippen molar-refractivity contribution in [2.45, 2.75) is 0 Å². The van der Waals surface area contributed by atoms with Crippen LogP contribution >= 0.6 is 15.9 Å². The maximum Gasteiger partial charge on any atom is 0.194 e. The van der Waals surface area contributed by atoms with Gasteiger partial charge >= 0.3 is 0 Å². The molecule has 4 heteroatoms. The van der Waals surface area contributed by atoms with Gasteiger partial charge in [-0.2, -0.15) is 0 Å². The van der Waals surface area contributed by atoms with Crippen LogP contribution in [0.3, 0.4) is 0 Å². The smallest absolute Gasteiger partial charge is 0.194 e. The lowest BCUT2D eigenvalue weighted by Crippen LogP contribution is -1.98. The maximum absolute atomic E-state index is 13.2. The first kappa shape index (κ1) is 17.6. The van der Waals surface area contributed by atoms with Crippen LogP contribution < -0.4 is 9.47 Å². The van der Waals surface area contributed by atoms with E-state index < -0.39 is 0 Å². The molecule has 1 aliphatic carbocycles. The minimum absolute atomic E-state index is 0.0356. The molecule has 0 fully saturated rings. The van der Waals surface area contributed by atoms with Crippen LogP contribution in [0.25, 0.3) is 11.1 Å². The number of Topliss-reactive ketones (excluding diaryl/α,β-unsaturated/α-hetero) is 1. The molecule has 0 spiro atoms. The summed E-state index contributed by atoms with van der Waals surface area (Å²) in [6.45, 7) is 0. The quantitative estimate of drug-likeness (QED) is 0.549. The zero-order chi connectivity index (χ0) is 19.0. The third kappa shape index (κ3) is 3.06. The fraction of sp³-hybridized carbons (Fsp3) is 0.0870. The van der Waals surface area contributed by atoms with Crippen molar-refractivity contribution in [3.05, 3.63) is 93.5 Å². The molecular formula is C23H17BrO3. The van der Waals surface area contributed by atoms with Crippen LogP contribution in [0.15, 0.2) is 71.2 Å². The van der Waals surface area contributed by atoms with Crippen LogP contribution in [0.4, 0.5) is 0 Å². The van der Waals surface area contributed by atoms with Crippen LogP contribution in [0.1, 0.15) is 27.0 Å². The first-order chi connectivity index (χ1) is 13.1. The molecule has 0 saturated heterocycles. The average molecular weight is 421 g/mol. The van der Waals surface area contributed by atoms with E-state index in [2.05, 4.69) is 15.9 Å². The van der Waals surface area contributed by atoms with E-state index in [0.717, 1.165) is 43.8 Å². The number of hydrogen-bond donors (Lipinski definition) is 0. The van der Waals surface area contributed by atoms with Crippen molar-refractivity contribution >= 4 is 32.9 Å². The van der Waals surface area contributed by atoms with Gasteiger partial charge in [-0.25, -0.2) is 0 Å². The van der Waals surface area contributed by atoms with Crippen LogP contribution in [0.2, 0.25) is 0 Å². The van der Waals surface area contributed by atoms with Crippen molar-refractivity contribution in [3.8, 4) is 11.5 Å². The highest BCUT2D eigenvalue weighted by molar-refractivity contribution is 9.10. The van der Waals surface area contributed by atoms with E-state index in [-0.39, 0.29) is 5.78 Å². The lowest BCUT2D eigenvalue weighted by molar-refractivity contribution is 0.105. The van der Waals surface area contributed by atoms with Gasteiger partial charge in [0.15, 0.2) is 5.78 Å². The largest absolute Gasteiger partial charge is 0.497 e. The summed E-state index contributed by atoms with van der Waals surface area (Å²) in [6.07, 6.45) is 0. The highest BCUT2D eigenvalue weighted by atomic mass is 79.9. The Morgan fingerprint density at radius 2 is 1.19 bits per heavy atom. The van der Waals surface area contributed by atoms with Gasteiger partial charge in [-0.1, -0.05) is 40.2 Å². The molecular weight excluding hydrogens is 404 g/mol. The van der Waals surface area contributed by atoms with Gasteiger partial charge < -0.3 is 9.47 Å². The van der Waals surface area contributed by atoms with E-state index in [4.69, 9.17) is 9.47 Å². The standard InChI is InChI=1S/C23H17BrO3/c1-26-17-8-3-14(4-9-17)21-20-13-16(24)7-12-19(20)23(25)22(21)15-5-10-18(27-2)11-6-15/h3-13H,1-2H3. The number of methoxy groups -OCH3 is 2. The summed E-state index contributed by atoms with van der Waals surface area (Å²) in [7, 11) is 3.27. The molecule has 0 unspecified atom stereocenters. The molecule has 27 heavy (non-hydrogen) atoms. The van der Waals surface area contributed by atoms with E-state index in [1.807, 2.05) is 66.7 Å². The Kier molecular flexibility index (Phi) is 4.58. The number of carbonyl (C=O) groups excluding carboxylic acids is 1. The normalized spacial score (nSPS) is 12.9. The van der Waals surface area contributed by atoms with Crippen molar-refractivity contribution in [1.29, 1.82) is 0 Å². The number of carbonyl (C=O) groups is 1. The molecule has 0 amide bonds. The molecule has 0 bridgehead atoms.